The third kappa shape index (κ3) is 2.65. The van der Waals surface area contributed by atoms with E-state index < -0.39 is 0 Å². The Balaban J connectivity index is 2.28. The molecule has 0 radical (unpaired) electrons. The fourth-order valence-corrected chi connectivity index (χ4v) is 1.79. The Labute approximate surface area is 108 Å². The van der Waals surface area contributed by atoms with Crippen molar-refractivity contribution in [2.75, 3.05) is 0 Å². The summed E-state index contributed by atoms with van der Waals surface area (Å²) in [6.45, 7) is 6.48. The molecule has 0 aliphatic carbocycles. The molecule has 0 bridgehead atoms. The summed E-state index contributed by atoms with van der Waals surface area (Å²) in [4.78, 5) is 16.1. The minimum Gasteiger partial charge on any atom is -0.289 e. The summed E-state index contributed by atoms with van der Waals surface area (Å²) in [7, 11) is 0. The van der Waals surface area contributed by atoms with Gasteiger partial charge < -0.3 is 0 Å². The molecule has 1 aromatic heterocycles. The van der Waals surface area contributed by atoms with E-state index in [0.29, 0.717) is 11.1 Å². The van der Waals surface area contributed by atoms with Gasteiger partial charge in [-0.25, -0.2) is 0 Å². The molecule has 18 heavy (non-hydrogen) atoms. The number of rotatable bonds is 2. The lowest BCUT2D eigenvalue weighted by molar-refractivity contribution is 0.103. The average molecular weight is 239 g/mol. The number of pyridine rings is 1. The lowest BCUT2D eigenvalue weighted by Gasteiger charge is -2.18. The zero-order valence-corrected chi connectivity index (χ0v) is 11.0. The van der Waals surface area contributed by atoms with Gasteiger partial charge in [0.15, 0.2) is 5.78 Å². The van der Waals surface area contributed by atoms with E-state index in [4.69, 9.17) is 0 Å². The molecule has 0 aliphatic heterocycles. The summed E-state index contributed by atoms with van der Waals surface area (Å²) in [5, 5.41) is 0. The van der Waals surface area contributed by atoms with Gasteiger partial charge in [0, 0.05) is 23.5 Å². The summed E-state index contributed by atoms with van der Waals surface area (Å²) >= 11 is 0. The van der Waals surface area contributed by atoms with Gasteiger partial charge in [-0.1, -0.05) is 45.0 Å². The van der Waals surface area contributed by atoms with Gasteiger partial charge in [-0.15, -0.1) is 0 Å². The van der Waals surface area contributed by atoms with Crippen molar-refractivity contribution in [1.82, 2.24) is 4.98 Å². The van der Waals surface area contributed by atoms with Gasteiger partial charge >= 0.3 is 0 Å². The predicted octanol–water partition coefficient (Wildman–Crippen LogP) is 3.61. The molecule has 0 saturated carbocycles. The number of carbonyl (C=O) groups is 1. The Bertz CT molecular complexity index is 536. The van der Waals surface area contributed by atoms with Crippen molar-refractivity contribution in [3.63, 3.8) is 0 Å². The second-order valence-corrected chi connectivity index (χ2v) is 5.39. The van der Waals surface area contributed by atoms with Crippen LogP contribution in [-0.2, 0) is 5.41 Å². The largest absolute Gasteiger partial charge is 0.289 e. The minimum atomic E-state index is 0.0397. The maximum absolute atomic E-state index is 12.2. The van der Waals surface area contributed by atoms with E-state index in [1.807, 2.05) is 24.3 Å². The van der Waals surface area contributed by atoms with Crippen LogP contribution in [0.15, 0.2) is 48.8 Å². The highest BCUT2D eigenvalue weighted by molar-refractivity contribution is 6.08. The maximum Gasteiger partial charge on any atom is 0.193 e. The van der Waals surface area contributed by atoms with E-state index in [1.54, 1.807) is 24.5 Å². The van der Waals surface area contributed by atoms with Crippen LogP contribution in [0, 0.1) is 0 Å². The van der Waals surface area contributed by atoms with Gasteiger partial charge in [-0.2, -0.15) is 0 Å². The molecular formula is C16H17NO. The molecule has 0 spiro atoms. The molecule has 0 fully saturated rings. The number of hydrogen-bond acceptors (Lipinski definition) is 2. The van der Waals surface area contributed by atoms with Crippen LogP contribution in [-0.4, -0.2) is 10.8 Å². The first kappa shape index (κ1) is 12.5. The number of carbonyl (C=O) groups excluding carboxylic acids is 1. The molecule has 92 valence electrons. The summed E-state index contributed by atoms with van der Waals surface area (Å²) in [6, 6.07) is 11.3. The molecule has 1 aromatic carbocycles. The van der Waals surface area contributed by atoms with Crippen LogP contribution in [0.5, 0.6) is 0 Å². The van der Waals surface area contributed by atoms with Crippen LogP contribution in [0.4, 0.5) is 0 Å². The number of ketones is 1. The summed E-state index contributed by atoms with van der Waals surface area (Å²) in [5.41, 5.74) is 2.73. The Morgan fingerprint density at radius 3 is 1.89 bits per heavy atom. The van der Waals surface area contributed by atoms with Crippen LogP contribution in [0.3, 0.4) is 0 Å². The maximum atomic E-state index is 12.2. The van der Waals surface area contributed by atoms with Gasteiger partial charge in [0.25, 0.3) is 0 Å². The van der Waals surface area contributed by atoms with Crippen LogP contribution < -0.4 is 0 Å². The molecule has 1 heterocycles. The second kappa shape index (κ2) is 4.73. The monoisotopic (exact) mass is 239 g/mol. The third-order valence-electron chi connectivity index (χ3n) is 2.96. The second-order valence-electron chi connectivity index (χ2n) is 5.39. The van der Waals surface area contributed by atoms with Crippen LogP contribution >= 0.6 is 0 Å². The molecule has 2 nitrogen and oxygen atoms in total. The van der Waals surface area contributed by atoms with Crippen molar-refractivity contribution in [2.45, 2.75) is 26.2 Å². The van der Waals surface area contributed by atoms with E-state index in [1.165, 1.54) is 5.56 Å². The van der Waals surface area contributed by atoms with Crippen LogP contribution in [0.25, 0.3) is 0 Å². The van der Waals surface area contributed by atoms with E-state index in [9.17, 15) is 4.79 Å². The summed E-state index contributed by atoms with van der Waals surface area (Å²) in [6.07, 6.45) is 3.27. The molecule has 2 rings (SSSR count). The van der Waals surface area contributed by atoms with E-state index in [-0.39, 0.29) is 11.2 Å². The number of aromatic nitrogens is 1. The standard InChI is InChI=1S/C16H17NO/c1-16(2,3)14-6-4-12(5-7-14)15(18)13-8-10-17-11-9-13/h4-11H,1-3H3. The highest BCUT2D eigenvalue weighted by Gasteiger charge is 2.14. The lowest BCUT2D eigenvalue weighted by atomic mass is 9.86. The van der Waals surface area contributed by atoms with Gasteiger partial charge in [-0.3, -0.25) is 9.78 Å². The Morgan fingerprint density at radius 1 is 0.889 bits per heavy atom. The van der Waals surface area contributed by atoms with E-state index in [0.717, 1.165) is 0 Å². The van der Waals surface area contributed by atoms with Crippen molar-refractivity contribution < 1.29 is 4.79 Å². The lowest BCUT2D eigenvalue weighted by Crippen LogP contribution is -2.11. The van der Waals surface area contributed by atoms with Gasteiger partial charge in [0.2, 0.25) is 0 Å². The topological polar surface area (TPSA) is 30.0 Å². The Kier molecular flexibility index (Phi) is 3.28. The highest BCUT2D eigenvalue weighted by atomic mass is 16.1. The van der Waals surface area contributed by atoms with Gasteiger partial charge in [0.1, 0.15) is 0 Å². The zero-order chi connectivity index (χ0) is 13.2. The Hall–Kier alpha value is -1.96. The first-order valence-corrected chi connectivity index (χ1v) is 6.04. The van der Waals surface area contributed by atoms with Crippen molar-refractivity contribution in [3.05, 3.63) is 65.5 Å². The van der Waals surface area contributed by atoms with Crippen molar-refractivity contribution in [3.8, 4) is 0 Å². The average Bonchev–Trinajstić information content (AvgIpc) is 2.38. The summed E-state index contributed by atoms with van der Waals surface area (Å²) < 4.78 is 0. The van der Waals surface area contributed by atoms with Gasteiger partial charge in [-0.05, 0) is 23.1 Å². The van der Waals surface area contributed by atoms with Crippen LogP contribution in [0.1, 0.15) is 42.3 Å². The minimum absolute atomic E-state index is 0.0397. The molecule has 0 saturated heterocycles. The molecule has 0 atom stereocenters. The van der Waals surface area contributed by atoms with Crippen molar-refractivity contribution >= 4 is 5.78 Å². The number of benzene rings is 1. The molecule has 0 N–H and O–H groups in total. The van der Waals surface area contributed by atoms with Crippen LogP contribution in [0.2, 0.25) is 0 Å². The fourth-order valence-electron chi connectivity index (χ4n) is 1.79. The normalized spacial score (nSPS) is 11.3. The SMILES string of the molecule is CC(C)(C)c1ccc(C(=O)c2ccncc2)cc1. The smallest absolute Gasteiger partial charge is 0.193 e. The predicted molar refractivity (Wildman–Crippen MR) is 72.8 cm³/mol. The Morgan fingerprint density at radius 2 is 1.39 bits per heavy atom. The van der Waals surface area contributed by atoms with Crippen molar-refractivity contribution in [1.29, 1.82) is 0 Å². The molecule has 0 aliphatic rings. The first-order chi connectivity index (χ1) is 8.48. The van der Waals surface area contributed by atoms with Gasteiger partial charge in [0.05, 0.1) is 0 Å². The van der Waals surface area contributed by atoms with Crippen molar-refractivity contribution in [2.24, 2.45) is 0 Å². The number of nitrogens with zero attached hydrogens (tertiary/aromatic N) is 1. The highest BCUT2D eigenvalue weighted by Crippen LogP contribution is 2.22. The molecule has 0 amide bonds. The quantitative estimate of drug-likeness (QED) is 0.749. The fraction of sp³-hybridized carbons (Fsp3) is 0.250. The molecular weight excluding hydrogens is 222 g/mol. The summed E-state index contributed by atoms with van der Waals surface area (Å²) in [5.74, 6) is 0.0397. The number of hydrogen-bond donors (Lipinski definition) is 0. The third-order valence-corrected chi connectivity index (χ3v) is 2.96. The first-order valence-electron chi connectivity index (χ1n) is 6.04. The molecule has 2 heteroatoms. The zero-order valence-electron chi connectivity index (χ0n) is 11.0. The molecule has 0 unspecified atom stereocenters. The van der Waals surface area contributed by atoms with E-state index in [2.05, 4.69) is 25.8 Å². The molecule has 2 aromatic rings. The van der Waals surface area contributed by atoms with E-state index >= 15 is 0 Å².